The van der Waals surface area contributed by atoms with Crippen LogP contribution in [0.2, 0.25) is 0 Å². The molecule has 2 fully saturated rings. The van der Waals surface area contributed by atoms with Crippen molar-refractivity contribution < 1.29 is 27.1 Å². The highest BCUT2D eigenvalue weighted by Crippen LogP contribution is 2.42. The normalized spacial score (nSPS) is 23.0. The average Bonchev–Trinajstić information content (AvgIpc) is 3.40. The van der Waals surface area contributed by atoms with E-state index >= 15 is 4.39 Å². The van der Waals surface area contributed by atoms with E-state index in [4.69, 9.17) is 14.0 Å². The Hall–Kier alpha value is -2.50. The van der Waals surface area contributed by atoms with E-state index in [9.17, 15) is 8.68 Å². The molecule has 5 rings (SSSR count). The number of nitrogens with one attached hydrogen (secondary N) is 1. The van der Waals surface area contributed by atoms with Crippen LogP contribution in [0, 0.1) is 5.82 Å². The number of hydrogen-bond donors (Lipinski definition) is 1. The first-order valence-electron chi connectivity index (χ1n) is 10.7. The molecular formula is C22H24BF2N3O4S. The summed E-state index contributed by atoms with van der Waals surface area (Å²) in [7, 11) is -0.685. The molecule has 0 aliphatic carbocycles. The van der Waals surface area contributed by atoms with Crippen LogP contribution >= 0.6 is 12.3 Å². The molecule has 3 aliphatic heterocycles. The van der Waals surface area contributed by atoms with Gasteiger partial charge in [-0.05, 0) is 57.4 Å². The quantitative estimate of drug-likeness (QED) is 0.515. The number of cyclic esters (lactones) is 1. The van der Waals surface area contributed by atoms with Gasteiger partial charge in [-0.2, -0.15) is 0 Å². The summed E-state index contributed by atoms with van der Waals surface area (Å²) < 4.78 is 47.1. The number of hydrogen-bond acceptors (Lipinski definition) is 7. The Morgan fingerprint density at radius 3 is 2.52 bits per heavy atom. The number of benzene rings is 2. The molecule has 2 aromatic carbocycles. The minimum absolute atomic E-state index is 0.0164. The number of fused-ring (bicyclic) bond motifs is 1. The molecule has 11 heteroatoms. The summed E-state index contributed by atoms with van der Waals surface area (Å²) in [6, 6.07) is 9.30. The first-order chi connectivity index (χ1) is 15.6. The summed E-state index contributed by atoms with van der Waals surface area (Å²) in [4.78, 5) is 14.0. The van der Waals surface area contributed by atoms with Gasteiger partial charge in [0.25, 0.3) is 0 Å². The molecule has 1 atom stereocenters. The predicted octanol–water partition coefficient (Wildman–Crippen LogP) is 4.54. The third kappa shape index (κ3) is 3.62. The van der Waals surface area contributed by atoms with Crippen LogP contribution in [-0.2, 0) is 14.0 Å². The number of halogens is 2. The van der Waals surface area contributed by atoms with Crippen molar-refractivity contribution in [2.24, 2.45) is 0 Å². The molecule has 2 saturated heterocycles. The number of amides is 1. The summed E-state index contributed by atoms with van der Waals surface area (Å²) in [5, 5.41) is 3.08. The van der Waals surface area contributed by atoms with Crippen LogP contribution in [0.15, 0.2) is 36.4 Å². The van der Waals surface area contributed by atoms with Crippen LogP contribution in [-0.4, -0.2) is 37.7 Å². The van der Waals surface area contributed by atoms with E-state index in [1.807, 2.05) is 27.7 Å². The Bertz CT molecular complexity index is 1100. The van der Waals surface area contributed by atoms with E-state index in [2.05, 4.69) is 5.32 Å². The van der Waals surface area contributed by atoms with Crippen molar-refractivity contribution in [1.29, 1.82) is 0 Å². The lowest BCUT2D eigenvalue weighted by Crippen LogP contribution is -2.41. The first-order valence-corrected chi connectivity index (χ1v) is 11.3. The van der Waals surface area contributed by atoms with Crippen molar-refractivity contribution in [3.05, 3.63) is 47.8 Å². The van der Waals surface area contributed by atoms with Crippen LogP contribution in [0.3, 0.4) is 0 Å². The molecule has 0 saturated carbocycles. The van der Waals surface area contributed by atoms with E-state index in [0.29, 0.717) is 34.8 Å². The summed E-state index contributed by atoms with van der Waals surface area (Å²) in [5.41, 5.74) is 1.72. The van der Waals surface area contributed by atoms with Gasteiger partial charge in [0.2, 0.25) is 0 Å². The minimum Gasteiger partial charge on any atom is -0.447 e. The third-order valence-corrected chi connectivity index (χ3v) is 7.30. The zero-order valence-corrected chi connectivity index (χ0v) is 19.5. The molecule has 1 unspecified atom stereocenters. The van der Waals surface area contributed by atoms with E-state index in [1.54, 1.807) is 30.3 Å². The molecule has 7 nitrogen and oxygen atoms in total. The maximum Gasteiger partial charge on any atom is 0.494 e. The van der Waals surface area contributed by atoms with Crippen molar-refractivity contribution >= 4 is 48.1 Å². The number of carbonyl (C=O) groups is 1. The highest BCUT2D eigenvalue weighted by atomic mass is 32.2. The van der Waals surface area contributed by atoms with Crippen molar-refractivity contribution in [2.75, 3.05) is 27.8 Å². The minimum atomic E-state index is -0.685. The van der Waals surface area contributed by atoms with E-state index in [0.717, 1.165) is 0 Å². The van der Waals surface area contributed by atoms with E-state index < -0.39 is 36.3 Å². The zero-order valence-electron chi connectivity index (χ0n) is 18.7. The van der Waals surface area contributed by atoms with Gasteiger partial charge in [-0.15, -0.1) is 3.89 Å². The van der Waals surface area contributed by atoms with Gasteiger partial charge in [0, 0.05) is 5.56 Å². The van der Waals surface area contributed by atoms with Crippen molar-refractivity contribution in [2.45, 2.75) is 44.9 Å². The van der Waals surface area contributed by atoms with E-state index in [1.165, 1.54) is 15.3 Å². The fourth-order valence-corrected chi connectivity index (χ4v) is 4.56. The molecular weight excluding hydrogens is 451 g/mol. The van der Waals surface area contributed by atoms with Gasteiger partial charge in [0.1, 0.15) is 25.1 Å². The second-order valence-corrected chi connectivity index (χ2v) is 9.89. The van der Waals surface area contributed by atoms with Crippen LogP contribution in [0.5, 0.6) is 0 Å². The van der Waals surface area contributed by atoms with Gasteiger partial charge in [-0.3, -0.25) is 9.21 Å². The molecule has 3 heterocycles. The van der Waals surface area contributed by atoms with Gasteiger partial charge in [-0.25, -0.2) is 9.18 Å². The third-order valence-electron chi connectivity index (χ3n) is 6.81. The highest BCUT2D eigenvalue weighted by Gasteiger charge is 2.52. The Labute approximate surface area is 195 Å². The van der Waals surface area contributed by atoms with Crippen molar-refractivity contribution in [3.8, 4) is 0 Å². The van der Waals surface area contributed by atoms with E-state index in [-0.39, 0.29) is 18.9 Å². The monoisotopic (exact) mass is 475 g/mol. The van der Waals surface area contributed by atoms with Crippen LogP contribution < -0.4 is 20.0 Å². The molecule has 2 aromatic rings. The maximum atomic E-state index is 15.3. The molecule has 174 valence electrons. The molecule has 0 radical (unpaired) electrons. The molecule has 33 heavy (non-hydrogen) atoms. The number of rotatable bonds is 4. The topological polar surface area (TPSA) is 63.3 Å². The zero-order chi connectivity index (χ0) is 23.5. The molecule has 0 bridgehead atoms. The van der Waals surface area contributed by atoms with Crippen LogP contribution in [0.1, 0.15) is 39.3 Å². The second-order valence-electron chi connectivity index (χ2n) is 9.32. The molecule has 1 N–H and O–H groups in total. The summed E-state index contributed by atoms with van der Waals surface area (Å²) >= 11 is 0.120. The number of nitrogens with zero attached hydrogens (tertiary/aromatic N) is 2. The molecule has 3 aliphatic rings. The number of carbonyl (C=O) groups excluding carboxylic acids is 1. The Morgan fingerprint density at radius 1 is 1.12 bits per heavy atom. The second kappa shape index (κ2) is 7.78. The lowest BCUT2D eigenvalue weighted by Gasteiger charge is -2.32. The Kier molecular flexibility index (Phi) is 5.26. The van der Waals surface area contributed by atoms with Gasteiger partial charge >= 0.3 is 13.2 Å². The summed E-state index contributed by atoms with van der Waals surface area (Å²) in [6.45, 7) is 8.08. The largest absolute Gasteiger partial charge is 0.494 e. The summed E-state index contributed by atoms with van der Waals surface area (Å²) in [6.07, 6.45) is -0.566. The number of ether oxygens (including phenoxy) is 1. The predicted molar refractivity (Wildman–Crippen MR) is 125 cm³/mol. The fourth-order valence-electron chi connectivity index (χ4n) is 4.21. The lowest BCUT2D eigenvalue weighted by atomic mass is 9.78. The van der Waals surface area contributed by atoms with Crippen molar-refractivity contribution in [3.63, 3.8) is 0 Å². The standard InChI is InChI=1S/C22H24BF2N3O4S/c1-21(2)22(3,4)32-23(31-21)13-5-7-15(16(24)9-13)19-11-30-20(29)28(19)14-6-8-18-17(10-14)26-12-27(18)33-25/h5-10,19,26H,11-12H2,1-4H3. The average molecular weight is 475 g/mol. The Balaban J connectivity index is 1.43. The van der Waals surface area contributed by atoms with Gasteiger partial charge in [-0.1, -0.05) is 12.1 Å². The smallest absolute Gasteiger partial charge is 0.447 e. The van der Waals surface area contributed by atoms with Gasteiger partial charge in [0.15, 0.2) is 12.3 Å². The Morgan fingerprint density at radius 2 is 1.85 bits per heavy atom. The lowest BCUT2D eigenvalue weighted by molar-refractivity contribution is 0.00578. The number of anilines is 3. The molecule has 0 aromatic heterocycles. The van der Waals surface area contributed by atoms with Crippen molar-refractivity contribution in [1.82, 2.24) is 0 Å². The van der Waals surface area contributed by atoms with Gasteiger partial charge < -0.3 is 19.4 Å². The maximum absolute atomic E-state index is 15.3. The van der Waals surface area contributed by atoms with Crippen LogP contribution in [0.25, 0.3) is 0 Å². The SMILES string of the molecule is CC1(C)OB(c2ccc(C3COC(=O)N3c3ccc4c(c3)NCN4SF)c(F)c2)OC1(C)C. The van der Waals surface area contributed by atoms with Gasteiger partial charge in [0.05, 0.1) is 28.3 Å². The highest BCUT2D eigenvalue weighted by molar-refractivity contribution is 7.95. The fraction of sp³-hybridized carbons (Fsp3) is 0.409. The van der Waals surface area contributed by atoms with Crippen LogP contribution in [0.4, 0.5) is 30.1 Å². The summed E-state index contributed by atoms with van der Waals surface area (Å²) in [5.74, 6) is -0.477. The molecule has 0 spiro atoms. The molecule has 1 amide bonds. The first kappa shape index (κ1) is 22.3.